The fourth-order valence-corrected chi connectivity index (χ4v) is 3.24. The Labute approximate surface area is 149 Å². The molecule has 0 spiro atoms. The van der Waals surface area contributed by atoms with Gasteiger partial charge in [-0.15, -0.1) is 0 Å². The second-order valence-electron chi connectivity index (χ2n) is 5.90. The van der Waals surface area contributed by atoms with Crippen molar-refractivity contribution in [1.82, 2.24) is 0 Å². The Hall–Kier alpha value is -3.35. The number of hydrogen-bond acceptors (Lipinski definition) is 6. The number of amides is 2. The van der Waals surface area contributed by atoms with Crippen LogP contribution >= 0.6 is 0 Å². The van der Waals surface area contributed by atoms with Gasteiger partial charge in [-0.05, 0) is 30.3 Å². The van der Waals surface area contributed by atoms with E-state index in [4.69, 9.17) is 14.3 Å². The molecule has 0 N–H and O–H groups in total. The largest absolute Gasteiger partial charge is 0.493 e. The van der Waals surface area contributed by atoms with Crippen LogP contribution in [0.4, 0.5) is 5.69 Å². The number of hydrogen-bond donors (Lipinski definition) is 0. The maximum atomic E-state index is 12.9. The van der Waals surface area contributed by atoms with Crippen LogP contribution in [0.3, 0.4) is 0 Å². The predicted molar refractivity (Wildman–Crippen MR) is 93.4 cm³/mol. The smallest absolute Gasteiger partial charge is 0.278 e. The van der Waals surface area contributed by atoms with Crippen LogP contribution in [0, 0.1) is 5.92 Å². The van der Waals surface area contributed by atoms with Crippen molar-refractivity contribution in [2.75, 3.05) is 19.1 Å². The number of rotatable bonds is 4. The Morgan fingerprint density at radius 1 is 0.962 bits per heavy atom. The molecular formula is C19H16N2O5. The minimum absolute atomic E-state index is 0.350. The first-order valence-corrected chi connectivity index (χ1v) is 8.04. The molecule has 132 valence electrons. The lowest BCUT2D eigenvalue weighted by atomic mass is 9.94. The van der Waals surface area contributed by atoms with Gasteiger partial charge in [0.25, 0.3) is 5.91 Å². The van der Waals surface area contributed by atoms with Crippen LogP contribution in [-0.4, -0.2) is 37.8 Å². The zero-order valence-corrected chi connectivity index (χ0v) is 14.2. The highest BCUT2D eigenvalue weighted by Gasteiger charge is 2.56. The minimum Gasteiger partial charge on any atom is -0.493 e. The van der Waals surface area contributed by atoms with Crippen molar-refractivity contribution in [3.8, 4) is 11.5 Å². The SMILES string of the molecule is COc1ccc(C2=NOC3C(=O)N(c4ccccc4)C(=O)C23)cc1OC. The maximum Gasteiger partial charge on any atom is 0.278 e. The Balaban J connectivity index is 1.70. The van der Waals surface area contributed by atoms with E-state index in [1.54, 1.807) is 49.6 Å². The molecule has 26 heavy (non-hydrogen) atoms. The fourth-order valence-electron chi connectivity index (χ4n) is 3.24. The third-order valence-electron chi connectivity index (χ3n) is 4.51. The topological polar surface area (TPSA) is 77.4 Å². The van der Waals surface area contributed by atoms with E-state index in [0.29, 0.717) is 28.5 Å². The van der Waals surface area contributed by atoms with Crippen LogP contribution < -0.4 is 14.4 Å². The van der Waals surface area contributed by atoms with Crippen molar-refractivity contribution in [2.24, 2.45) is 11.1 Å². The van der Waals surface area contributed by atoms with Gasteiger partial charge >= 0.3 is 0 Å². The number of fused-ring (bicyclic) bond motifs is 1. The first-order chi connectivity index (χ1) is 12.7. The first-order valence-electron chi connectivity index (χ1n) is 8.04. The molecule has 0 aliphatic carbocycles. The van der Waals surface area contributed by atoms with Crippen LogP contribution in [-0.2, 0) is 14.4 Å². The maximum absolute atomic E-state index is 12.9. The van der Waals surface area contributed by atoms with Gasteiger partial charge in [0.1, 0.15) is 11.6 Å². The highest BCUT2D eigenvalue weighted by Crippen LogP contribution is 2.37. The summed E-state index contributed by atoms with van der Waals surface area (Å²) >= 11 is 0. The summed E-state index contributed by atoms with van der Waals surface area (Å²) < 4.78 is 10.5. The monoisotopic (exact) mass is 352 g/mol. The summed E-state index contributed by atoms with van der Waals surface area (Å²) in [5.74, 6) is -0.469. The van der Waals surface area contributed by atoms with Crippen LogP contribution in [0.15, 0.2) is 53.7 Å². The van der Waals surface area contributed by atoms with Gasteiger partial charge < -0.3 is 14.3 Å². The zero-order chi connectivity index (χ0) is 18.3. The van der Waals surface area contributed by atoms with E-state index in [-0.39, 0.29) is 5.91 Å². The van der Waals surface area contributed by atoms with Gasteiger partial charge in [-0.3, -0.25) is 9.59 Å². The molecule has 2 aliphatic heterocycles. The average molecular weight is 352 g/mol. The van der Waals surface area contributed by atoms with Gasteiger partial charge in [-0.25, -0.2) is 4.90 Å². The van der Waals surface area contributed by atoms with E-state index in [2.05, 4.69) is 5.16 Å². The van der Waals surface area contributed by atoms with E-state index >= 15 is 0 Å². The summed E-state index contributed by atoms with van der Waals surface area (Å²) in [7, 11) is 3.07. The van der Waals surface area contributed by atoms with Gasteiger partial charge in [-0.2, -0.15) is 0 Å². The molecule has 2 atom stereocenters. The first kappa shape index (κ1) is 16.1. The Morgan fingerprint density at radius 3 is 2.38 bits per heavy atom. The van der Waals surface area contributed by atoms with Gasteiger partial charge in [-0.1, -0.05) is 23.4 Å². The van der Waals surface area contributed by atoms with Crippen LogP contribution in [0.2, 0.25) is 0 Å². The molecule has 2 aliphatic rings. The molecule has 2 aromatic rings. The molecule has 2 amide bonds. The summed E-state index contributed by atoms with van der Waals surface area (Å²) in [5, 5.41) is 4.00. The number of carbonyl (C=O) groups is 2. The Bertz CT molecular complexity index is 909. The lowest BCUT2D eigenvalue weighted by Gasteiger charge is -2.15. The van der Waals surface area contributed by atoms with E-state index in [0.717, 1.165) is 4.90 Å². The second-order valence-corrected chi connectivity index (χ2v) is 5.90. The number of oxime groups is 1. The molecule has 4 rings (SSSR count). The lowest BCUT2D eigenvalue weighted by Crippen LogP contribution is -2.33. The van der Waals surface area contributed by atoms with Crippen LogP contribution in [0.25, 0.3) is 0 Å². The number of carbonyl (C=O) groups excluding carboxylic acids is 2. The lowest BCUT2D eigenvalue weighted by molar-refractivity contribution is -0.126. The van der Waals surface area contributed by atoms with Crippen LogP contribution in [0.1, 0.15) is 5.56 Å². The molecular weight excluding hydrogens is 336 g/mol. The summed E-state index contributed by atoms with van der Waals surface area (Å²) in [4.78, 5) is 32.1. The molecule has 1 saturated heterocycles. The predicted octanol–water partition coefficient (Wildman–Crippen LogP) is 2.00. The zero-order valence-electron chi connectivity index (χ0n) is 14.2. The highest BCUT2D eigenvalue weighted by atomic mass is 16.6. The van der Waals surface area contributed by atoms with E-state index in [1.807, 2.05) is 6.07 Å². The summed E-state index contributed by atoms with van der Waals surface area (Å²) in [6, 6.07) is 14.0. The second kappa shape index (κ2) is 6.18. The molecule has 2 heterocycles. The standard InChI is InChI=1S/C19H16N2O5/c1-24-13-9-8-11(10-14(13)25-2)16-15-17(26-20-16)19(23)21(18(15)22)12-6-4-3-5-7-12/h3-10,15,17H,1-2H3. The molecule has 2 unspecified atom stereocenters. The molecule has 7 nitrogen and oxygen atoms in total. The normalized spacial score (nSPS) is 21.3. The molecule has 1 fully saturated rings. The van der Waals surface area contributed by atoms with E-state index in [9.17, 15) is 9.59 Å². The molecule has 2 aromatic carbocycles. The van der Waals surface area contributed by atoms with E-state index in [1.165, 1.54) is 7.11 Å². The van der Waals surface area contributed by atoms with Crippen molar-refractivity contribution in [2.45, 2.75) is 6.10 Å². The van der Waals surface area contributed by atoms with Gasteiger partial charge in [0.15, 0.2) is 11.5 Å². The third kappa shape index (κ3) is 2.32. The molecule has 0 bridgehead atoms. The summed E-state index contributed by atoms with van der Waals surface area (Å²) in [5.41, 5.74) is 1.58. The minimum atomic E-state index is -0.939. The highest BCUT2D eigenvalue weighted by molar-refractivity contribution is 6.32. The summed E-state index contributed by atoms with van der Waals surface area (Å²) in [6.45, 7) is 0. The van der Waals surface area contributed by atoms with Crippen molar-refractivity contribution < 1.29 is 23.9 Å². The summed E-state index contributed by atoms with van der Waals surface area (Å²) in [6.07, 6.45) is -0.939. The number of imide groups is 1. The van der Waals surface area contributed by atoms with Gasteiger partial charge in [0.2, 0.25) is 12.0 Å². The number of methoxy groups -OCH3 is 2. The molecule has 0 saturated carbocycles. The third-order valence-corrected chi connectivity index (χ3v) is 4.51. The average Bonchev–Trinajstić information content (AvgIpc) is 3.22. The van der Waals surface area contributed by atoms with Crippen LogP contribution in [0.5, 0.6) is 11.5 Å². The number of ether oxygens (including phenoxy) is 2. The molecule has 0 radical (unpaired) electrons. The van der Waals surface area contributed by atoms with Crippen molar-refractivity contribution >= 4 is 23.2 Å². The van der Waals surface area contributed by atoms with Gasteiger partial charge in [0, 0.05) is 5.56 Å². The van der Waals surface area contributed by atoms with Crippen molar-refractivity contribution in [3.63, 3.8) is 0 Å². The van der Waals surface area contributed by atoms with Crippen molar-refractivity contribution in [3.05, 3.63) is 54.1 Å². The number of nitrogens with zero attached hydrogens (tertiary/aromatic N) is 2. The number of benzene rings is 2. The Kier molecular flexibility index (Phi) is 3.84. The number of anilines is 1. The fraction of sp³-hybridized carbons (Fsp3) is 0.211. The molecule has 0 aromatic heterocycles. The number of para-hydroxylation sites is 1. The Morgan fingerprint density at radius 2 is 1.69 bits per heavy atom. The van der Waals surface area contributed by atoms with Crippen molar-refractivity contribution in [1.29, 1.82) is 0 Å². The quantitative estimate of drug-likeness (QED) is 0.787. The van der Waals surface area contributed by atoms with Gasteiger partial charge in [0.05, 0.1) is 19.9 Å². The molecule has 7 heteroatoms. The van der Waals surface area contributed by atoms with E-state index < -0.39 is 17.9 Å².